The first-order valence-electron chi connectivity index (χ1n) is 8.19. The van der Waals surface area contributed by atoms with Crippen molar-refractivity contribution in [3.63, 3.8) is 0 Å². The number of anilines is 1. The number of nitrogens with zero attached hydrogens (tertiary/aromatic N) is 1. The molecule has 0 aliphatic rings. The zero-order valence-corrected chi connectivity index (χ0v) is 15.1. The van der Waals surface area contributed by atoms with Crippen molar-refractivity contribution in [3.8, 4) is 0 Å². The minimum Gasteiger partial charge on any atom is -0.326 e. The van der Waals surface area contributed by atoms with Gasteiger partial charge in [-0.25, -0.2) is 0 Å². The summed E-state index contributed by atoms with van der Waals surface area (Å²) >= 11 is 0. The second kappa shape index (κ2) is 7.90. The minimum absolute atomic E-state index is 0.0759. The number of carbonyl (C=O) groups excluding carboxylic acids is 1. The molecule has 0 spiro atoms. The summed E-state index contributed by atoms with van der Waals surface area (Å²) in [6, 6.07) is 11.2. The Kier molecular flexibility index (Phi) is 5.88. The molecule has 0 saturated carbocycles. The van der Waals surface area contributed by atoms with Gasteiger partial charge in [0.2, 0.25) is 0 Å². The fourth-order valence-electron chi connectivity index (χ4n) is 2.72. The number of hydrogen-bond acceptors (Lipinski definition) is 3. The Morgan fingerprint density at radius 1 is 1.12 bits per heavy atom. The number of likely N-dealkylation sites (N-methyl/N-ethyl adjacent to an activating group) is 1. The number of nitrogens with one attached hydrogen (secondary N) is 2. The van der Waals surface area contributed by atoms with Gasteiger partial charge >= 0.3 is 0 Å². The largest absolute Gasteiger partial charge is 0.326 e. The molecule has 2 rings (SSSR count). The molecule has 1 unspecified atom stereocenters. The Morgan fingerprint density at radius 3 is 2.40 bits per heavy atom. The molecule has 1 amide bonds. The molecule has 0 radical (unpaired) electrons. The smallest absolute Gasteiger partial charge is 0.293 e. The maximum Gasteiger partial charge on any atom is 0.293 e. The van der Waals surface area contributed by atoms with Gasteiger partial charge in [-0.05, 0) is 43.5 Å². The number of nitro groups is 1. The molecule has 2 N–H and O–H groups in total. The van der Waals surface area contributed by atoms with Crippen LogP contribution in [0.2, 0.25) is 0 Å². The second-order valence-electron chi connectivity index (χ2n) is 6.50. The van der Waals surface area contributed by atoms with Crippen LogP contribution >= 0.6 is 0 Å². The van der Waals surface area contributed by atoms with E-state index in [0.717, 1.165) is 22.6 Å². The van der Waals surface area contributed by atoms with Crippen molar-refractivity contribution in [1.82, 2.24) is 0 Å². The van der Waals surface area contributed by atoms with Crippen LogP contribution in [0.25, 0.3) is 0 Å². The van der Waals surface area contributed by atoms with Crippen LogP contribution in [0, 0.1) is 30.9 Å². The molecule has 0 saturated heterocycles. The third-order valence-corrected chi connectivity index (χ3v) is 4.30. The van der Waals surface area contributed by atoms with Crippen molar-refractivity contribution in [3.05, 3.63) is 68.8 Å². The molecule has 132 valence electrons. The van der Waals surface area contributed by atoms with Crippen molar-refractivity contribution in [2.75, 3.05) is 18.9 Å². The van der Waals surface area contributed by atoms with E-state index >= 15 is 0 Å². The number of hydrogen-bond donors (Lipinski definition) is 2. The predicted molar refractivity (Wildman–Crippen MR) is 97.8 cm³/mol. The SMILES string of the molecule is Cc1cc(NC(=O)C[NH+](C)Cc2ccccc2C)c([N+](=O)[O-])cc1C. The summed E-state index contributed by atoms with van der Waals surface area (Å²) in [6.45, 7) is 6.67. The van der Waals surface area contributed by atoms with Gasteiger partial charge in [-0.3, -0.25) is 14.9 Å². The Balaban J connectivity index is 2.06. The summed E-state index contributed by atoms with van der Waals surface area (Å²) in [6.07, 6.45) is 0. The van der Waals surface area contributed by atoms with Crippen LogP contribution in [-0.2, 0) is 11.3 Å². The third-order valence-electron chi connectivity index (χ3n) is 4.30. The van der Waals surface area contributed by atoms with Crippen LogP contribution < -0.4 is 10.2 Å². The van der Waals surface area contributed by atoms with Gasteiger partial charge in [0.05, 0.1) is 12.0 Å². The van der Waals surface area contributed by atoms with E-state index in [9.17, 15) is 14.9 Å². The molecule has 0 heterocycles. The van der Waals surface area contributed by atoms with Gasteiger partial charge in [0.1, 0.15) is 12.2 Å². The van der Waals surface area contributed by atoms with E-state index in [1.165, 1.54) is 17.2 Å². The van der Waals surface area contributed by atoms with Gasteiger partial charge in [-0.1, -0.05) is 24.3 Å². The highest BCUT2D eigenvalue weighted by Gasteiger charge is 2.19. The summed E-state index contributed by atoms with van der Waals surface area (Å²) in [7, 11) is 1.93. The molecule has 0 bridgehead atoms. The number of amides is 1. The molecule has 0 aromatic heterocycles. The van der Waals surface area contributed by atoms with E-state index in [1.54, 1.807) is 6.07 Å². The minimum atomic E-state index is -0.466. The zero-order chi connectivity index (χ0) is 18.6. The fourth-order valence-corrected chi connectivity index (χ4v) is 2.72. The Bertz CT molecular complexity index is 802. The van der Waals surface area contributed by atoms with E-state index in [-0.39, 0.29) is 23.8 Å². The standard InChI is InChI=1S/C19H23N3O3/c1-13-7-5-6-8-16(13)11-21(4)12-19(23)20-17-9-14(2)15(3)10-18(17)22(24)25/h5-10H,11-12H2,1-4H3,(H,20,23)/p+1. The summed E-state index contributed by atoms with van der Waals surface area (Å²) in [5.74, 6) is -0.238. The summed E-state index contributed by atoms with van der Waals surface area (Å²) in [5.41, 5.74) is 4.28. The zero-order valence-electron chi connectivity index (χ0n) is 15.1. The van der Waals surface area contributed by atoms with Crippen molar-refractivity contribution in [2.45, 2.75) is 27.3 Å². The van der Waals surface area contributed by atoms with E-state index < -0.39 is 4.92 Å². The Morgan fingerprint density at radius 2 is 1.76 bits per heavy atom. The van der Waals surface area contributed by atoms with Gasteiger partial charge < -0.3 is 10.2 Å². The molecular weight excluding hydrogens is 318 g/mol. The highest BCUT2D eigenvalue weighted by atomic mass is 16.6. The molecule has 1 atom stereocenters. The lowest BCUT2D eigenvalue weighted by Gasteiger charge is -2.15. The molecule has 0 aliphatic carbocycles. The number of nitro benzene ring substituents is 1. The lowest BCUT2D eigenvalue weighted by molar-refractivity contribution is -0.885. The first-order valence-corrected chi connectivity index (χ1v) is 8.19. The molecule has 6 heteroatoms. The second-order valence-corrected chi connectivity index (χ2v) is 6.50. The number of benzene rings is 2. The summed E-state index contributed by atoms with van der Waals surface area (Å²) in [4.78, 5) is 24.1. The van der Waals surface area contributed by atoms with Crippen LogP contribution in [0.3, 0.4) is 0 Å². The number of quaternary nitrogens is 1. The van der Waals surface area contributed by atoms with Gasteiger partial charge in [-0.2, -0.15) is 0 Å². The van der Waals surface area contributed by atoms with Crippen molar-refractivity contribution >= 4 is 17.3 Å². The highest BCUT2D eigenvalue weighted by molar-refractivity contribution is 5.94. The maximum atomic E-state index is 12.3. The van der Waals surface area contributed by atoms with Crippen LogP contribution in [-0.4, -0.2) is 24.4 Å². The van der Waals surface area contributed by atoms with E-state index in [1.807, 2.05) is 52.1 Å². The van der Waals surface area contributed by atoms with E-state index in [2.05, 4.69) is 5.32 Å². The molecule has 0 fully saturated rings. The average molecular weight is 342 g/mol. The first-order chi connectivity index (χ1) is 11.8. The average Bonchev–Trinajstić information content (AvgIpc) is 2.52. The lowest BCUT2D eigenvalue weighted by atomic mass is 10.1. The highest BCUT2D eigenvalue weighted by Crippen LogP contribution is 2.27. The monoisotopic (exact) mass is 342 g/mol. The van der Waals surface area contributed by atoms with E-state index in [4.69, 9.17) is 0 Å². The fraction of sp³-hybridized carbons (Fsp3) is 0.316. The van der Waals surface area contributed by atoms with Gasteiger partial charge in [0.15, 0.2) is 6.54 Å². The molecular formula is C19H24N3O3+. The van der Waals surface area contributed by atoms with Crippen LogP contribution in [0.1, 0.15) is 22.3 Å². The van der Waals surface area contributed by atoms with Crippen molar-refractivity contribution < 1.29 is 14.6 Å². The lowest BCUT2D eigenvalue weighted by Crippen LogP contribution is -3.08. The van der Waals surface area contributed by atoms with Gasteiger partial charge in [0, 0.05) is 11.6 Å². The van der Waals surface area contributed by atoms with Crippen molar-refractivity contribution in [1.29, 1.82) is 0 Å². The van der Waals surface area contributed by atoms with Gasteiger partial charge in [0.25, 0.3) is 11.6 Å². The maximum absolute atomic E-state index is 12.3. The van der Waals surface area contributed by atoms with Crippen LogP contribution in [0.5, 0.6) is 0 Å². The summed E-state index contributed by atoms with van der Waals surface area (Å²) in [5, 5.41) is 13.9. The summed E-state index contributed by atoms with van der Waals surface area (Å²) < 4.78 is 0. The van der Waals surface area contributed by atoms with Gasteiger partial charge in [-0.15, -0.1) is 0 Å². The third kappa shape index (κ3) is 4.87. The molecule has 25 heavy (non-hydrogen) atoms. The molecule has 2 aromatic rings. The van der Waals surface area contributed by atoms with Crippen molar-refractivity contribution in [2.24, 2.45) is 0 Å². The van der Waals surface area contributed by atoms with Crippen LogP contribution in [0.4, 0.5) is 11.4 Å². The number of rotatable bonds is 6. The quantitative estimate of drug-likeness (QED) is 0.624. The van der Waals surface area contributed by atoms with E-state index in [0.29, 0.717) is 0 Å². The topological polar surface area (TPSA) is 76.7 Å². The normalized spacial score (nSPS) is 11.8. The Hall–Kier alpha value is -2.73. The molecule has 2 aromatic carbocycles. The van der Waals surface area contributed by atoms with Crippen LogP contribution in [0.15, 0.2) is 36.4 Å². The number of aryl methyl sites for hydroxylation is 3. The predicted octanol–water partition coefficient (Wildman–Crippen LogP) is 2.17. The first kappa shape index (κ1) is 18.6. The molecule has 0 aliphatic heterocycles. The number of carbonyl (C=O) groups is 1. The molecule has 6 nitrogen and oxygen atoms in total. The Labute approximate surface area is 147 Å².